The van der Waals surface area contributed by atoms with Crippen LogP contribution in [0, 0.1) is 6.92 Å². The molecular formula is C25H20O2. The molecule has 0 aliphatic rings. The fraction of sp³-hybridized carbons (Fsp3) is 0.0400. The number of para-hydroxylation sites is 1. The van der Waals surface area contributed by atoms with Crippen LogP contribution in [0.3, 0.4) is 0 Å². The standard InChI is InChI=1S/C25H20O2/c1-17-14-21(18-6-3-2-4-7-18)16-22(15-17)19-10-12-20(13-11-19)23-8-5-9-24(26)25(23)27/h2-16,26-27H,1H3. The van der Waals surface area contributed by atoms with Crippen molar-refractivity contribution >= 4 is 0 Å². The van der Waals surface area contributed by atoms with Gasteiger partial charge in [0.1, 0.15) is 0 Å². The summed E-state index contributed by atoms with van der Waals surface area (Å²) in [6, 6.07) is 29.9. The lowest BCUT2D eigenvalue weighted by atomic mass is 9.95. The molecule has 0 aliphatic carbocycles. The van der Waals surface area contributed by atoms with Crippen molar-refractivity contribution in [3.8, 4) is 44.9 Å². The Morgan fingerprint density at radius 3 is 1.78 bits per heavy atom. The van der Waals surface area contributed by atoms with Gasteiger partial charge in [-0.1, -0.05) is 78.9 Å². The second-order valence-electron chi connectivity index (χ2n) is 6.70. The highest BCUT2D eigenvalue weighted by molar-refractivity contribution is 5.78. The summed E-state index contributed by atoms with van der Waals surface area (Å²) in [6.45, 7) is 2.11. The van der Waals surface area contributed by atoms with Gasteiger partial charge in [-0.15, -0.1) is 0 Å². The van der Waals surface area contributed by atoms with E-state index in [1.165, 1.54) is 22.8 Å². The first-order valence-electron chi connectivity index (χ1n) is 8.91. The van der Waals surface area contributed by atoms with Crippen LogP contribution < -0.4 is 0 Å². The number of benzene rings is 4. The Morgan fingerprint density at radius 1 is 0.519 bits per heavy atom. The van der Waals surface area contributed by atoms with Crippen LogP contribution in [-0.4, -0.2) is 10.2 Å². The molecule has 2 N–H and O–H groups in total. The SMILES string of the molecule is Cc1cc(-c2ccccc2)cc(-c2ccc(-c3cccc(O)c3O)cc2)c1. The zero-order chi connectivity index (χ0) is 18.8. The highest BCUT2D eigenvalue weighted by atomic mass is 16.3. The van der Waals surface area contributed by atoms with Gasteiger partial charge in [-0.3, -0.25) is 0 Å². The summed E-state index contributed by atoms with van der Waals surface area (Å²) < 4.78 is 0. The molecule has 0 bridgehead atoms. The first-order chi connectivity index (χ1) is 13.1. The quantitative estimate of drug-likeness (QED) is 0.418. The molecule has 4 aromatic rings. The molecule has 132 valence electrons. The number of phenols is 2. The second-order valence-corrected chi connectivity index (χ2v) is 6.70. The van der Waals surface area contributed by atoms with E-state index in [0.29, 0.717) is 5.56 Å². The van der Waals surface area contributed by atoms with Gasteiger partial charge >= 0.3 is 0 Å². The fourth-order valence-electron chi connectivity index (χ4n) is 3.35. The zero-order valence-corrected chi connectivity index (χ0v) is 15.1. The van der Waals surface area contributed by atoms with Crippen LogP contribution in [0.5, 0.6) is 11.5 Å². The molecule has 0 spiro atoms. The van der Waals surface area contributed by atoms with Gasteiger partial charge in [-0.05, 0) is 52.4 Å². The van der Waals surface area contributed by atoms with Crippen molar-refractivity contribution in [2.24, 2.45) is 0 Å². The topological polar surface area (TPSA) is 40.5 Å². The first kappa shape index (κ1) is 16.9. The molecule has 0 fully saturated rings. The summed E-state index contributed by atoms with van der Waals surface area (Å²) in [6.07, 6.45) is 0. The van der Waals surface area contributed by atoms with E-state index < -0.39 is 0 Å². The Labute approximate surface area is 159 Å². The largest absolute Gasteiger partial charge is 0.504 e. The van der Waals surface area contributed by atoms with Gasteiger partial charge in [0.05, 0.1) is 0 Å². The normalized spacial score (nSPS) is 10.7. The highest BCUT2D eigenvalue weighted by Crippen LogP contribution is 2.37. The summed E-state index contributed by atoms with van der Waals surface area (Å²) in [5.41, 5.74) is 7.35. The van der Waals surface area contributed by atoms with Gasteiger partial charge in [-0.2, -0.15) is 0 Å². The molecule has 4 aromatic carbocycles. The number of hydrogen-bond acceptors (Lipinski definition) is 2. The number of aryl methyl sites for hydroxylation is 1. The van der Waals surface area contributed by atoms with Crippen molar-refractivity contribution in [3.05, 3.63) is 96.6 Å². The maximum atomic E-state index is 10.1. The lowest BCUT2D eigenvalue weighted by Gasteiger charge is -2.10. The Balaban J connectivity index is 1.72. The number of phenolic OH excluding ortho intramolecular Hbond substituents is 2. The molecule has 0 saturated heterocycles. The Bertz CT molecular complexity index is 1080. The molecule has 0 saturated carbocycles. The van der Waals surface area contributed by atoms with E-state index in [0.717, 1.165) is 16.7 Å². The minimum absolute atomic E-state index is 0.0906. The van der Waals surface area contributed by atoms with Crippen LogP contribution >= 0.6 is 0 Å². The molecule has 0 amide bonds. The van der Waals surface area contributed by atoms with Crippen LogP contribution in [0.25, 0.3) is 33.4 Å². The molecule has 0 radical (unpaired) electrons. The molecule has 2 heteroatoms. The van der Waals surface area contributed by atoms with Gasteiger partial charge in [-0.25, -0.2) is 0 Å². The predicted molar refractivity (Wildman–Crippen MR) is 111 cm³/mol. The van der Waals surface area contributed by atoms with Gasteiger partial charge < -0.3 is 10.2 Å². The van der Waals surface area contributed by atoms with Crippen LogP contribution in [0.4, 0.5) is 0 Å². The first-order valence-corrected chi connectivity index (χ1v) is 8.91. The highest BCUT2D eigenvalue weighted by Gasteiger charge is 2.09. The van der Waals surface area contributed by atoms with Crippen molar-refractivity contribution in [2.75, 3.05) is 0 Å². The minimum Gasteiger partial charge on any atom is -0.504 e. The minimum atomic E-state index is -0.109. The third-order valence-corrected chi connectivity index (χ3v) is 4.73. The van der Waals surface area contributed by atoms with E-state index in [4.69, 9.17) is 0 Å². The molecule has 27 heavy (non-hydrogen) atoms. The maximum absolute atomic E-state index is 10.1. The molecule has 0 aliphatic heterocycles. The lowest BCUT2D eigenvalue weighted by molar-refractivity contribution is 0.405. The summed E-state index contributed by atoms with van der Waals surface area (Å²) in [5, 5.41) is 19.8. The monoisotopic (exact) mass is 352 g/mol. The van der Waals surface area contributed by atoms with E-state index >= 15 is 0 Å². The predicted octanol–water partition coefficient (Wildman–Crippen LogP) is 6.41. The van der Waals surface area contributed by atoms with Gasteiger partial charge in [0.25, 0.3) is 0 Å². The average molecular weight is 352 g/mol. The molecule has 4 rings (SSSR count). The van der Waals surface area contributed by atoms with Crippen molar-refractivity contribution in [2.45, 2.75) is 6.92 Å². The van der Waals surface area contributed by atoms with E-state index in [1.54, 1.807) is 12.1 Å². The smallest absolute Gasteiger partial charge is 0.165 e. The fourth-order valence-corrected chi connectivity index (χ4v) is 3.35. The lowest BCUT2D eigenvalue weighted by Crippen LogP contribution is -1.85. The second kappa shape index (κ2) is 7.00. The molecule has 0 unspecified atom stereocenters. The van der Waals surface area contributed by atoms with Crippen molar-refractivity contribution in [1.29, 1.82) is 0 Å². The third-order valence-electron chi connectivity index (χ3n) is 4.73. The third kappa shape index (κ3) is 3.42. The van der Waals surface area contributed by atoms with E-state index in [1.807, 2.05) is 42.5 Å². The zero-order valence-electron chi connectivity index (χ0n) is 15.1. The van der Waals surface area contributed by atoms with Crippen molar-refractivity contribution in [3.63, 3.8) is 0 Å². The van der Waals surface area contributed by atoms with Gasteiger partial charge in [0.15, 0.2) is 11.5 Å². The van der Waals surface area contributed by atoms with E-state index in [9.17, 15) is 10.2 Å². The molecule has 0 aromatic heterocycles. The van der Waals surface area contributed by atoms with E-state index in [-0.39, 0.29) is 11.5 Å². The van der Waals surface area contributed by atoms with Crippen LogP contribution in [-0.2, 0) is 0 Å². The summed E-state index contributed by atoms with van der Waals surface area (Å²) in [4.78, 5) is 0. The van der Waals surface area contributed by atoms with Crippen LogP contribution in [0.2, 0.25) is 0 Å². The molecule has 2 nitrogen and oxygen atoms in total. The summed E-state index contributed by atoms with van der Waals surface area (Å²) in [7, 11) is 0. The van der Waals surface area contributed by atoms with Crippen LogP contribution in [0.1, 0.15) is 5.56 Å². The average Bonchev–Trinajstić information content (AvgIpc) is 2.70. The Hall–Kier alpha value is -3.52. The molecule has 0 atom stereocenters. The van der Waals surface area contributed by atoms with Crippen LogP contribution in [0.15, 0.2) is 91.0 Å². The number of aromatic hydroxyl groups is 2. The summed E-state index contributed by atoms with van der Waals surface area (Å²) >= 11 is 0. The Morgan fingerprint density at radius 2 is 1.11 bits per heavy atom. The van der Waals surface area contributed by atoms with Gasteiger partial charge in [0, 0.05) is 5.56 Å². The molecular weight excluding hydrogens is 332 g/mol. The summed E-state index contributed by atoms with van der Waals surface area (Å²) in [5.74, 6) is -0.199. The Kier molecular flexibility index (Phi) is 4.39. The number of hydrogen-bond donors (Lipinski definition) is 2. The van der Waals surface area contributed by atoms with E-state index in [2.05, 4.69) is 37.3 Å². The molecule has 0 heterocycles. The van der Waals surface area contributed by atoms with Gasteiger partial charge in [0.2, 0.25) is 0 Å². The van der Waals surface area contributed by atoms with Crippen molar-refractivity contribution < 1.29 is 10.2 Å². The van der Waals surface area contributed by atoms with Crippen molar-refractivity contribution in [1.82, 2.24) is 0 Å². The maximum Gasteiger partial charge on any atom is 0.165 e. The number of rotatable bonds is 3.